The predicted molar refractivity (Wildman–Crippen MR) is 130 cm³/mol. The predicted octanol–water partition coefficient (Wildman–Crippen LogP) is 3.60. The summed E-state index contributed by atoms with van der Waals surface area (Å²) in [5.74, 6) is -0.811. The number of nitrogens with zero attached hydrogens (tertiary/aromatic N) is 2. The molecule has 0 bridgehead atoms. The Morgan fingerprint density at radius 3 is 2.24 bits per heavy atom. The number of halogens is 1. The first-order valence-corrected chi connectivity index (χ1v) is 12.6. The van der Waals surface area contributed by atoms with Gasteiger partial charge in [-0.05, 0) is 51.0 Å². The van der Waals surface area contributed by atoms with E-state index in [9.17, 15) is 18.0 Å². The Bertz CT molecular complexity index is 1070. The third kappa shape index (κ3) is 7.03. The van der Waals surface area contributed by atoms with Crippen molar-refractivity contribution in [1.29, 1.82) is 0 Å². The van der Waals surface area contributed by atoms with Gasteiger partial charge < -0.3 is 10.2 Å². The van der Waals surface area contributed by atoms with Gasteiger partial charge in [0.25, 0.3) is 0 Å². The van der Waals surface area contributed by atoms with Crippen molar-refractivity contribution < 1.29 is 18.0 Å². The Morgan fingerprint density at radius 2 is 1.67 bits per heavy atom. The van der Waals surface area contributed by atoms with E-state index >= 15 is 0 Å². The lowest BCUT2D eigenvalue weighted by atomic mass is 10.1. The molecule has 0 aliphatic rings. The van der Waals surface area contributed by atoms with Crippen LogP contribution in [0.15, 0.2) is 53.4 Å². The lowest BCUT2D eigenvalue weighted by Gasteiger charge is -2.31. The van der Waals surface area contributed by atoms with Crippen LogP contribution >= 0.6 is 11.6 Å². The van der Waals surface area contributed by atoms with Gasteiger partial charge in [-0.2, -0.15) is 4.31 Å². The minimum atomic E-state index is -3.88. The summed E-state index contributed by atoms with van der Waals surface area (Å²) in [6.45, 7) is 6.98. The number of nitrogens with one attached hydrogen (secondary N) is 1. The number of hydrogen-bond acceptors (Lipinski definition) is 4. The van der Waals surface area contributed by atoms with Crippen LogP contribution in [0.3, 0.4) is 0 Å². The fraction of sp³-hybridized carbons (Fsp3) is 0.417. The molecular formula is C24H32ClN3O4S. The molecule has 33 heavy (non-hydrogen) atoms. The Morgan fingerprint density at radius 1 is 1.06 bits per heavy atom. The highest BCUT2D eigenvalue weighted by Gasteiger charge is 2.30. The second-order valence-electron chi connectivity index (χ2n) is 8.18. The number of hydrogen-bond donors (Lipinski definition) is 1. The summed E-state index contributed by atoms with van der Waals surface area (Å²) in [5.41, 5.74) is 1.60. The highest BCUT2D eigenvalue weighted by Crippen LogP contribution is 2.20. The lowest BCUT2D eigenvalue weighted by Crippen LogP contribution is -2.51. The minimum absolute atomic E-state index is 0.0539. The van der Waals surface area contributed by atoms with Crippen LogP contribution in [0.5, 0.6) is 0 Å². The van der Waals surface area contributed by atoms with Crippen LogP contribution in [-0.2, 0) is 26.2 Å². The third-order valence-corrected chi connectivity index (χ3v) is 7.74. The van der Waals surface area contributed by atoms with Crippen LogP contribution in [-0.4, -0.2) is 55.1 Å². The van der Waals surface area contributed by atoms with E-state index in [-0.39, 0.29) is 23.4 Å². The van der Waals surface area contributed by atoms with Crippen molar-refractivity contribution in [1.82, 2.24) is 14.5 Å². The zero-order valence-electron chi connectivity index (χ0n) is 19.7. The summed E-state index contributed by atoms with van der Waals surface area (Å²) < 4.78 is 26.9. The van der Waals surface area contributed by atoms with E-state index in [1.54, 1.807) is 43.3 Å². The van der Waals surface area contributed by atoms with E-state index in [1.807, 2.05) is 20.8 Å². The normalized spacial score (nSPS) is 13.4. The average molecular weight is 494 g/mol. The largest absolute Gasteiger partial charge is 0.352 e. The quantitative estimate of drug-likeness (QED) is 0.547. The van der Waals surface area contributed by atoms with Gasteiger partial charge in [0.05, 0.1) is 11.4 Å². The monoisotopic (exact) mass is 493 g/mol. The summed E-state index contributed by atoms with van der Waals surface area (Å²) in [5, 5.41) is 3.35. The van der Waals surface area contributed by atoms with Gasteiger partial charge in [-0.1, -0.05) is 54.4 Å². The molecule has 2 amide bonds. The smallest absolute Gasteiger partial charge is 0.243 e. The molecule has 7 nitrogen and oxygen atoms in total. The van der Waals surface area contributed by atoms with E-state index < -0.39 is 28.5 Å². The van der Waals surface area contributed by atoms with Gasteiger partial charge in [-0.3, -0.25) is 9.59 Å². The molecule has 0 saturated carbocycles. The lowest BCUT2D eigenvalue weighted by molar-refractivity contribution is -0.140. The highest BCUT2D eigenvalue weighted by atomic mass is 35.5. The van der Waals surface area contributed by atoms with Crippen molar-refractivity contribution in [2.45, 2.75) is 57.6 Å². The van der Waals surface area contributed by atoms with Gasteiger partial charge in [0.15, 0.2) is 0 Å². The van der Waals surface area contributed by atoms with Crippen LogP contribution in [0, 0.1) is 6.92 Å². The second-order valence-corrected chi connectivity index (χ2v) is 10.6. The number of aryl methyl sites for hydroxylation is 1. The van der Waals surface area contributed by atoms with E-state index in [4.69, 9.17) is 11.6 Å². The molecule has 2 aromatic carbocycles. The molecule has 0 saturated heterocycles. The maximum absolute atomic E-state index is 13.3. The molecule has 2 aromatic rings. The van der Waals surface area contributed by atoms with Crippen LogP contribution in [0.1, 0.15) is 38.3 Å². The number of likely N-dealkylation sites (N-methyl/N-ethyl adjacent to an activating group) is 1. The Labute approximate surface area is 201 Å². The average Bonchev–Trinajstić information content (AvgIpc) is 2.78. The number of sulfonamides is 1. The molecule has 0 aromatic heterocycles. The van der Waals surface area contributed by atoms with E-state index in [0.717, 1.165) is 16.3 Å². The molecule has 0 aliphatic carbocycles. The number of amides is 2. The molecule has 0 radical (unpaired) electrons. The fourth-order valence-electron chi connectivity index (χ4n) is 3.11. The van der Waals surface area contributed by atoms with E-state index in [1.165, 1.54) is 24.1 Å². The molecule has 9 heteroatoms. The molecule has 1 N–H and O–H groups in total. The summed E-state index contributed by atoms with van der Waals surface area (Å²) in [6.07, 6.45) is 0.744. The SMILES string of the molecule is CC[C@@H](C)NC(=O)[C@@H](C)N(Cc1ccccc1Cl)C(=O)CN(C)S(=O)(=O)c1ccc(C)cc1. The minimum Gasteiger partial charge on any atom is -0.352 e. The van der Waals surface area contributed by atoms with Crippen LogP contribution < -0.4 is 5.32 Å². The van der Waals surface area contributed by atoms with Crippen LogP contribution in [0.4, 0.5) is 0 Å². The number of benzene rings is 2. The summed E-state index contributed by atoms with van der Waals surface area (Å²) in [7, 11) is -2.52. The van der Waals surface area contributed by atoms with Crippen molar-refractivity contribution in [3.8, 4) is 0 Å². The van der Waals surface area contributed by atoms with Crippen molar-refractivity contribution in [3.63, 3.8) is 0 Å². The molecule has 0 spiro atoms. The Balaban J connectivity index is 2.29. The third-order valence-electron chi connectivity index (χ3n) is 5.55. The Hall–Kier alpha value is -2.42. The summed E-state index contributed by atoms with van der Waals surface area (Å²) >= 11 is 6.29. The van der Waals surface area contributed by atoms with Crippen LogP contribution in [0.25, 0.3) is 0 Å². The first-order chi connectivity index (χ1) is 15.5. The maximum Gasteiger partial charge on any atom is 0.243 e. The van der Waals surface area contributed by atoms with Crippen molar-refractivity contribution in [3.05, 3.63) is 64.7 Å². The van der Waals surface area contributed by atoms with Gasteiger partial charge >= 0.3 is 0 Å². The van der Waals surface area contributed by atoms with Crippen LogP contribution in [0.2, 0.25) is 5.02 Å². The topological polar surface area (TPSA) is 86.8 Å². The van der Waals surface area contributed by atoms with Crippen molar-refractivity contribution >= 4 is 33.4 Å². The first-order valence-electron chi connectivity index (χ1n) is 10.8. The summed E-state index contributed by atoms with van der Waals surface area (Å²) in [6, 6.07) is 12.6. The maximum atomic E-state index is 13.3. The molecular weight excluding hydrogens is 462 g/mol. The Kier molecular flexibility index (Phi) is 9.46. The molecule has 2 atom stereocenters. The van der Waals surface area contributed by atoms with Gasteiger partial charge in [-0.25, -0.2) is 8.42 Å². The van der Waals surface area contributed by atoms with Gasteiger partial charge in [-0.15, -0.1) is 0 Å². The molecule has 0 aliphatic heterocycles. The number of carbonyl (C=O) groups is 2. The van der Waals surface area contributed by atoms with Crippen molar-refractivity contribution in [2.75, 3.05) is 13.6 Å². The summed E-state index contributed by atoms with van der Waals surface area (Å²) in [4.78, 5) is 27.6. The van der Waals surface area contributed by atoms with E-state index in [0.29, 0.717) is 10.6 Å². The zero-order valence-corrected chi connectivity index (χ0v) is 21.3. The fourth-order valence-corrected chi connectivity index (χ4v) is 4.43. The standard InChI is InChI=1S/C24H32ClN3O4S/c1-6-18(3)26-24(30)19(4)28(15-20-9-7-8-10-22(20)25)23(29)16-27(5)33(31,32)21-13-11-17(2)12-14-21/h7-14,18-19H,6,15-16H2,1-5H3,(H,26,30)/t18-,19-/m1/s1. The molecule has 0 fully saturated rings. The van der Waals surface area contributed by atoms with Gasteiger partial charge in [0, 0.05) is 24.7 Å². The zero-order chi connectivity index (χ0) is 24.8. The molecule has 0 heterocycles. The molecule has 0 unspecified atom stereocenters. The second kappa shape index (κ2) is 11.6. The number of rotatable bonds is 10. The van der Waals surface area contributed by atoms with Crippen molar-refractivity contribution in [2.24, 2.45) is 0 Å². The van der Waals surface area contributed by atoms with Gasteiger partial charge in [0.2, 0.25) is 21.8 Å². The highest BCUT2D eigenvalue weighted by molar-refractivity contribution is 7.89. The van der Waals surface area contributed by atoms with Gasteiger partial charge in [0.1, 0.15) is 6.04 Å². The molecule has 180 valence electrons. The first kappa shape index (κ1) is 26.8. The number of carbonyl (C=O) groups excluding carboxylic acids is 2. The van der Waals surface area contributed by atoms with E-state index in [2.05, 4.69) is 5.32 Å². The molecule has 2 rings (SSSR count).